The van der Waals surface area contributed by atoms with E-state index in [4.69, 9.17) is 17.0 Å². The lowest BCUT2D eigenvalue weighted by Crippen LogP contribution is -2.35. The molecule has 0 radical (unpaired) electrons. The molecule has 0 spiro atoms. The largest absolute Gasteiger partial charge is 0.376 e. The van der Waals surface area contributed by atoms with Crippen LogP contribution in [-0.4, -0.2) is 45.5 Å². The number of amides is 1. The molecule has 2 fully saturated rings. The highest BCUT2D eigenvalue weighted by molar-refractivity contribution is 8.26. The second kappa shape index (κ2) is 11.2. The van der Waals surface area contributed by atoms with Crippen LogP contribution in [0.2, 0.25) is 0 Å². The smallest absolute Gasteiger partial charge is 0.270 e. The zero-order chi connectivity index (χ0) is 24.9. The fraction of sp³-hybridized carbons (Fsp3) is 0.385. The summed E-state index contributed by atoms with van der Waals surface area (Å²) in [5.41, 5.74) is 2.13. The minimum absolute atomic E-state index is 0.000915. The molecule has 2 saturated heterocycles. The monoisotopic (exact) mass is 508 g/mol. The first-order chi connectivity index (χ1) is 16.9. The van der Waals surface area contributed by atoms with E-state index in [-0.39, 0.29) is 23.1 Å². The fourth-order valence-electron chi connectivity index (χ4n) is 4.41. The van der Waals surface area contributed by atoms with Crippen molar-refractivity contribution in [2.45, 2.75) is 45.8 Å². The van der Waals surface area contributed by atoms with Crippen molar-refractivity contribution in [1.29, 1.82) is 5.26 Å². The summed E-state index contributed by atoms with van der Waals surface area (Å²) in [4.78, 5) is 28.3. The van der Waals surface area contributed by atoms with Crippen LogP contribution in [0.25, 0.3) is 6.08 Å². The van der Waals surface area contributed by atoms with Crippen LogP contribution < -0.4 is 10.9 Å². The molecule has 3 heterocycles. The number of hydrogen-bond donors (Lipinski definition) is 1. The predicted molar refractivity (Wildman–Crippen MR) is 143 cm³/mol. The number of nitriles is 1. The number of rotatable bonds is 8. The molecule has 1 aromatic heterocycles. The summed E-state index contributed by atoms with van der Waals surface area (Å²) >= 11 is 6.75. The minimum Gasteiger partial charge on any atom is -0.376 e. The summed E-state index contributed by atoms with van der Waals surface area (Å²) in [5.74, 6) is 0.437. The van der Waals surface area contributed by atoms with Crippen molar-refractivity contribution in [1.82, 2.24) is 9.47 Å². The normalized spacial score (nSPS) is 18.9. The highest BCUT2D eigenvalue weighted by atomic mass is 32.2. The molecule has 4 rings (SSSR count). The average Bonchev–Trinajstić information content (AvgIpc) is 3.46. The molecule has 182 valence electrons. The fourth-order valence-corrected chi connectivity index (χ4v) is 5.66. The van der Waals surface area contributed by atoms with E-state index in [1.165, 1.54) is 17.3 Å². The van der Waals surface area contributed by atoms with Gasteiger partial charge in [0.25, 0.3) is 11.5 Å². The molecule has 1 atom stereocenters. The van der Waals surface area contributed by atoms with Crippen molar-refractivity contribution in [3.05, 3.63) is 67.8 Å². The first kappa shape index (κ1) is 25.2. The van der Waals surface area contributed by atoms with Crippen LogP contribution in [0, 0.1) is 18.3 Å². The maximum Gasteiger partial charge on any atom is 0.270 e. The molecule has 0 saturated carbocycles. The minimum atomic E-state index is -0.335. The Morgan fingerprint density at radius 3 is 2.74 bits per heavy atom. The van der Waals surface area contributed by atoms with Gasteiger partial charge in [-0.25, -0.2) is 0 Å². The third-order valence-electron chi connectivity index (χ3n) is 6.30. The van der Waals surface area contributed by atoms with Crippen molar-refractivity contribution in [2.75, 3.05) is 25.0 Å². The number of carbonyl (C=O) groups is 1. The van der Waals surface area contributed by atoms with Crippen LogP contribution in [0.1, 0.15) is 42.0 Å². The molecule has 1 amide bonds. The van der Waals surface area contributed by atoms with E-state index < -0.39 is 0 Å². The lowest BCUT2D eigenvalue weighted by atomic mass is 10.0. The highest BCUT2D eigenvalue weighted by Crippen LogP contribution is 2.35. The number of nitrogens with zero attached hydrogens (tertiary/aromatic N) is 3. The van der Waals surface area contributed by atoms with Gasteiger partial charge in [0.1, 0.15) is 21.8 Å². The zero-order valence-corrected chi connectivity index (χ0v) is 21.5. The van der Waals surface area contributed by atoms with Gasteiger partial charge < -0.3 is 10.1 Å². The van der Waals surface area contributed by atoms with Crippen LogP contribution in [0.15, 0.2) is 40.0 Å². The number of nitrogens with one attached hydrogen (secondary N) is 1. The van der Waals surface area contributed by atoms with E-state index in [0.717, 1.165) is 19.3 Å². The first-order valence-electron chi connectivity index (χ1n) is 11.8. The summed E-state index contributed by atoms with van der Waals surface area (Å²) in [6.07, 6.45) is 4.43. The van der Waals surface area contributed by atoms with Gasteiger partial charge in [-0.2, -0.15) is 5.26 Å². The van der Waals surface area contributed by atoms with Crippen molar-refractivity contribution >= 4 is 46.1 Å². The predicted octanol–water partition coefficient (Wildman–Crippen LogP) is 4.08. The van der Waals surface area contributed by atoms with Gasteiger partial charge in [0.05, 0.1) is 17.6 Å². The number of carbonyl (C=O) groups excluding carboxylic acids is 1. The van der Waals surface area contributed by atoms with Gasteiger partial charge in [0, 0.05) is 25.3 Å². The lowest BCUT2D eigenvalue weighted by Gasteiger charge is -2.20. The van der Waals surface area contributed by atoms with E-state index in [1.54, 1.807) is 22.5 Å². The molecule has 0 bridgehead atoms. The molecule has 2 aromatic rings. The number of thiocarbonyl (C=S) groups is 1. The zero-order valence-electron chi connectivity index (χ0n) is 19.9. The molecule has 9 heteroatoms. The van der Waals surface area contributed by atoms with Crippen molar-refractivity contribution < 1.29 is 9.53 Å². The Labute approximate surface area is 214 Å². The first-order valence-corrected chi connectivity index (χ1v) is 13.0. The topological polar surface area (TPSA) is 87.4 Å². The third kappa shape index (κ3) is 5.35. The van der Waals surface area contributed by atoms with E-state index in [9.17, 15) is 14.9 Å². The molecule has 7 nitrogen and oxygen atoms in total. The van der Waals surface area contributed by atoms with E-state index in [2.05, 4.69) is 23.5 Å². The molecule has 1 unspecified atom stereocenters. The quantitative estimate of drug-likeness (QED) is 0.425. The van der Waals surface area contributed by atoms with Crippen LogP contribution in [0.4, 0.5) is 5.82 Å². The Morgan fingerprint density at radius 1 is 1.31 bits per heavy atom. The lowest BCUT2D eigenvalue weighted by molar-refractivity contribution is -0.123. The maximum absolute atomic E-state index is 13.2. The number of aromatic nitrogens is 1. The van der Waals surface area contributed by atoms with Gasteiger partial charge in [-0.15, -0.1) is 0 Å². The highest BCUT2D eigenvalue weighted by Gasteiger charge is 2.35. The van der Waals surface area contributed by atoms with Crippen molar-refractivity contribution in [2.24, 2.45) is 0 Å². The van der Waals surface area contributed by atoms with E-state index in [0.29, 0.717) is 52.4 Å². The number of hydrogen-bond acceptors (Lipinski definition) is 7. The number of anilines is 1. The summed E-state index contributed by atoms with van der Waals surface area (Å²) in [5, 5.41) is 13.1. The van der Waals surface area contributed by atoms with Gasteiger partial charge in [-0.05, 0) is 50.3 Å². The SMILES string of the molecule is CCn1c(NCCc2ccccc2)c(/C=C2/SC(=S)N(CC3CCCO3)C2=O)c(C)c(C#N)c1=O. The summed E-state index contributed by atoms with van der Waals surface area (Å²) in [7, 11) is 0. The molecule has 35 heavy (non-hydrogen) atoms. The van der Waals surface area contributed by atoms with Crippen LogP contribution in [0.3, 0.4) is 0 Å². The molecule has 2 aliphatic rings. The summed E-state index contributed by atoms with van der Waals surface area (Å²) in [6, 6.07) is 12.1. The van der Waals surface area contributed by atoms with Crippen molar-refractivity contribution in [3.8, 4) is 6.07 Å². The Hall–Kier alpha value is -2.93. The van der Waals surface area contributed by atoms with Crippen LogP contribution in [-0.2, 0) is 22.5 Å². The Kier molecular flexibility index (Phi) is 8.06. The molecule has 1 N–H and O–H groups in total. The van der Waals surface area contributed by atoms with Crippen LogP contribution >= 0.6 is 24.0 Å². The van der Waals surface area contributed by atoms with Crippen molar-refractivity contribution in [3.63, 3.8) is 0 Å². The summed E-state index contributed by atoms with van der Waals surface area (Å²) in [6.45, 7) is 5.76. The Balaban J connectivity index is 1.69. The molecule has 0 aliphatic carbocycles. The second-order valence-electron chi connectivity index (χ2n) is 8.51. The van der Waals surface area contributed by atoms with Gasteiger partial charge in [0.2, 0.25) is 0 Å². The molecule has 2 aliphatic heterocycles. The Morgan fingerprint density at radius 2 is 2.09 bits per heavy atom. The maximum atomic E-state index is 13.2. The number of thioether (sulfide) groups is 1. The van der Waals surface area contributed by atoms with Gasteiger partial charge >= 0.3 is 0 Å². The number of pyridine rings is 1. The molecular weight excluding hydrogens is 480 g/mol. The van der Waals surface area contributed by atoms with Gasteiger partial charge in [-0.3, -0.25) is 19.1 Å². The third-order valence-corrected chi connectivity index (χ3v) is 7.68. The van der Waals surface area contributed by atoms with E-state index >= 15 is 0 Å². The number of ether oxygens (including phenoxy) is 1. The summed E-state index contributed by atoms with van der Waals surface area (Å²) < 4.78 is 7.75. The second-order valence-corrected chi connectivity index (χ2v) is 10.2. The van der Waals surface area contributed by atoms with Crippen LogP contribution in [0.5, 0.6) is 0 Å². The Bertz CT molecular complexity index is 1260. The average molecular weight is 509 g/mol. The standard InChI is InChI=1S/C26H28N4O3S2/c1-3-29-23(28-12-11-18-8-5-4-6-9-18)20(17(2)21(15-27)24(29)31)14-22-25(32)30(26(34)35-22)16-19-10-7-13-33-19/h4-6,8-9,14,19,28H,3,7,10-13,16H2,1-2H3/b22-14+. The van der Waals surface area contributed by atoms with E-state index in [1.807, 2.05) is 25.1 Å². The molecule has 1 aromatic carbocycles. The van der Waals surface area contributed by atoms with Gasteiger partial charge in [-0.1, -0.05) is 54.3 Å². The number of benzene rings is 1. The van der Waals surface area contributed by atoms with Gasteiger partial charge in [0.15, 0.2) is 0 Å². The molecular formula is C26H28N4O3S2.